The zero-order valence-corrected chi connectivity index (χ0v) is 9.20. The summed E-state index contributed by atoms with van der Waals surface area (Å²) in [4.78, 5) is 8.34. The molecule has 0 spiro atoms. The zero-order valence-electron chi connectivity index (χ0n) is 8.44. The maximum absolute atomic E-state index is 5.86. The van der Waals surface area contributed by atoms with E-state index in [0.717, 1.165) is 23.4 Å². The predicted molar refractivity (Wildman–Crippen MR) is 61.9 cm³/mol. The molecule has 1 heterocycles. The van der Waals surface area contributed by atoms with Gasteiger partial charge >= 0.3 is 0 Å². The van der Waals surface area contributed by atoms with Gasteiger partial charge in [-0.1, -0.05) is 37.3 Å². The summed E-state index contributed by atoms with van der Waals surface area (Å²) in [6, 6.07) is 11.9. The van der Waals surface area contributed by atoms with Crippen LogP contribution in [0.15, 0.2) is 36.4 Å². The molecule has 1 aromatic heterocycles. The molecule has 1 aromatic carbocycles. The van der Waals surface area contributed by atoms with E-state index < -0.39 is 0 Å². The van der Waals surface area contributed by atoms with Crippen LogP contribution in [0.2, 0.25) is 5.28 Å². The van der Waals surface area contributed by atoms with Crippen LogP contribution in [-0.2, 0) is 6.42 Å². The number of rotatable bonds is 2. The molecule has 0 bridgehead atoms. The molecule has 0 N–H and O–H groups in total. The van der Waals surface area contributed by atoms with Gasteiger partial charge in [0.1, 0.15) is 0 Å². The number of halogens is 1. The fraction of sp³-hybridized carbons (Fsp3) is 0.167. The van der Waals surface area contributed by atoms with Gasteiger partial charge in [0.05, 0.1) is 5.69 Å². The third kappa shape index (κ3) is 2.34. The quantitative estimate of drug-likeness (QED) is 0.723. The number of nitrogens with zero attached hydrogens (tertiary/aromatic N) is 2. The van der Waals surface area contributed by atoms with Gasteiger partial charge in [0, 0.05) is 11.3 Å². The Hall–Kier alpha value is -1.41. The van der Waals surface area contributed by atoms with Crippen LogP contribution in [0.3, 0.4) is 0 Å². The minimum atomic E-state index is 0.313. The van der Waals surface area contributed by atoms with Gasteiger partial charge in [0.15, 0.2) is 0 Å². The SMILES string of the molecule is CCc1cc(-c2ccccc2)nc(Cl)n1. The first-order chi connectivity index (χ1) is 7.29. The van der Waals surface area contributed by atoms with E-state index >= 15 is 0 Å². The van der Waals surface area contributed by atoms with Crippen LogP contribution in [0, 0.1) is 0 Å². The highest BCUT2D eigenvalue weighted by Crippen LogP contribution is 2.18. The van der Waals surface area contributed by atoms with Crippen LogP contribution in [0.1, 0.15) is 12.6 Å². The molecule has 15 heavy (non-hydrogen) atoms. The Morgan fingerprint density at radius 2 is 1.87 bits per heavy atom. The molecule has 2 nitrogen and oxygen atoms in total. The average molecular weight is 219 g/mol. The largest absolute Gasteiger partial charge is 0.223 e. The Morgan fingerprint density at radius 3 is 2.53 bits per heavy atom. The second-order valence-corrected chi connectivity index (χ2v) is 3.57. The highest BCUT2D eigenvalue weighted by molar-refractivity contribution is 6.28. The molecular weight excluding hydrogens is 208 g/mol. The van der Waals surface area contributed by atoms with Crippen molar-refractivity contribution in [1.82, 2.24) is 9.97 Å². The van der Waals surface area contributed by atoms with Crippen LogP contribution < -0.4 is 0 Å². The smallest absolute Gasteiger partial charge is 0.223 e. The predicted octanol–water partition coefficient (Wildman–Crippen LogP) is 3.36. The Labute approximate surface area is 94.0 Å². The van der Waals surface area contributed by atoms with Gasteiger partial charge in [-0.05, 0) is 24.1 Å². The fourth-order valence-corrected chi connectivity index (χ4v) is 1.60. The second kappa shape index (κ2) is 4.41. The molecule has 0 saturated carbocycles. The van der Waals surface area contributed by atoms with Crippen molar-refractivity contribution < 1.29 is 0 Å². The van der Waals surface area contributed by atoms with Gasteiger partial charge in [-0.3, -0.25) is 0 Å². The Bertz CT molecular complexity index is 454. The van der Waals surface area contributed by atoms with Crippen molar-refractivity contribution in [3.8, 4) is 11.3 Å². The monoisotopic (exact) mass is 218 g/mol. The third-order valence-corrected chi connectivity index (χ3v) is 2.35. The van der Waals surface area contributed by atoms with Crippen molar-refractivity contribution in [2.45, 2.75) is 13.3 Å². The minimum absolute atomic E-state index is 0.313. The molecule has 0 aliphatic rings. The summed E-state index contributed by atoms with van der Waals surface area (Å²) < 4.78 is 0. The van der Waals surface area contributed by atoms with Crippen LogP contribution in [-0.4, -0.2) is 9.97 Å². The molecule has 0 aliphatic heterocycles. The lowest BCUT2D eigenvalue weighted by Gasteiger charge is -2.03. The number of aromatic nitrogens is 2. The van der Waals surface area contributed by atoms with E-state index in [1.54, 1.807) is 0 Å². The minimum Gasteiger partial charge on any atom is -0.223 e. The summed E-state index contributed by atoms with van der Waals surface area (Å²) in [5.41, 5.74) is 2.91. The molecule has 0 radical (unpaired) electrons. The zero-order chi connectivity index (χ0) is 10.7. The van der Waals surface area contributed by atoms with Crippen LogP contribution in [0.25, 0.3) is 11.3 Å². The van der Waals surface area contributed by atoms with E-state index in [9.17, 15) is 0 Å². The third-order valence-electron chi connectivity index (χ3n) is 2.18. The lowest BCUT2D eigenvalue weighted by Crippen LogP contribution is -1.93. The van der Waals surface area contributed by atoms with Gasteiger partial charge < -0.3 is 0 Å². The van der Waals surface area contributed by atoms with E-state index in [0.29, 0.717) is 5.28 Å². The summed E-state index contributed by atoms with van der Waals surface area (Å²) >= 11 is 5.86. The molecule has 2 rings (SSSR count). The average Bonchev–Trinajstić information content (AvgIpc) is 2.29. The molecule has 76 valence electrons. The fourth-order valence-electron chi connectivity index (χ4n) is 1.40. The van der Waals surface area contributed by atoms with E-state index in [-0.39, 0.29) is 0 Å². The standard InChI is InChI=1S/C12H11ClN2/c1-2-10-8-11(15-12(13)14-10)9-6-4-3-5-7-9/h3-8H,2H2,1H3. The summed E-state index contributed by atoms with van der Waals surface area (Å²) in [7, 11) is 0. The normalized spacial score (nSPS) is 10.3. The van der Waals surface area contributed by atoms with Gasteiger partial charge in [-0.15, -0.1) is 0 Å². The van der Waals surface area contributed by atoms with Crippen molar-refractivity contribution in [3.05, 3.63) is 47.4 Å². The van der Waals surface area contributed by atoms with E-state index in [4.69, 9.17) is 11.6 Å². The van der Waals surface area contributed by atoms with Gasteiger partial charge in [-0.25, -0.2) is 9.97 Å². The van der Waals surface area contributed by atoms with Crippen molar-refractivity contribution in [1.29, 1.82) is 0 Å². The Balaban J connectivity index is 2.49. The van der Waals surface area contributed by atoms with Crippen molar-refractivity contribution >= 4 is 11.6 Å². The highest BCUT2D eigenvalue weighted by Gasteiger charge is 2.03. The first kappa shape index (κ1) is 10.1. The summed E-state index contributed by atoms with van der Waals surface area (Å²) in [6.45, 7) is 2.05. The van der Waals surface area contributed by atoms with Crippen LogP contribution in [0.5, 0.6) is 0 Å². The lowest BCUT2D eigenvalue weighted by atomic mass is 10.1. The summed E-state index contributed by atoms with van der Waals surface area (Å²) in [6.07, 6.45) is 0.863. The Morgan fingerprint density at radius 1 is 1.13 bits per heavy atom. The van der Waals surface area contributed by atoms with E-state index in [1.807, 2.05) is 43.3 Å². The number of hydrogen-bond donors (Lipinski definition) is 0. The molecule has 0 atom stereocenters. The first-order valence-electron chi connectivity index (χ1n) is 4.88. The van der Waals surface area contributed by atoms with Crippen LogP contribution in [0.4, 0.5) is 0 Å². The maximum Gasteiger partial charge on any atom is 0.223 e. The van der Waals surface area contributed by atoms with Gasteiger partial charge in [0.2, 0.25) is 5.28 Å². The molecule has 0 saturated heterocycles. The van der Waals surface area contributed by atoms with Gasteiger partial charge in [0.25, 0.3) is 0 Å². The molecule has 0 fully saturated rings. The summed E-state index contributed by atoms with van der Waals surface area (Å²) in [5, 5.41) is 0.313. The summed E-state index contributed by atoms with van der Waals surface area (Å²) in [5.74, 6) is 0. The van der Waals surface area contributed by atoms with E-state index in [2.05, 4.69) is 9.97 Å². The maximum atomic E-state index is 5.86. The van der Waals surface area contributed by atoms with Crippen LogP contribution >= 0.6 is 11.6 Å². The lowest BCUT2D eigenvalue weighted by molar-refractivity contribution is 1.00. The molecule has 3 heteroatoms. The topological polar surface area (TPSA) is 25.8 Å². The number of hydrogen-bond acceptors (Lipinski definition) is 2. The Kier molecular flexibility index (Phi) is 2.97. The van der Waals surface area contributed by atoms with Crippen molar-refractivity contribution in [2.75, 3.05) is 0 Å². The van der Waals surface area contributed by atoms with Crippen molar-refractivity contribution in [3.63, 3.8) is 0 Å². The van der Waals surface area contributed by atoms with Gasteiger partial charge in [-0.2, -0.15) is 0 Å². The molecular formula is C12H11ClN2. The molecule has 0 unspecified atom stereocenters. The molecule has 2 aromatic rings. The van der Waals surface area contributed by atoms with Crippen molar-refractivity contribution in [2.24, 2.45) is 0 Å². The molecule has 0 amide bonds. The number of benzene rings is 1. The molecule has 0 aliphatic carbocycles. The first-order valence-corrected chi connectivity index (χ1v) is 5.26. The number of aryl methyl sites for hydroxylation is 1. The van der Waals surface area contributed by atoms with E-state index in [1.165, 1.54) is 0 Å². The highest BCUT2D eigenvalue weighted by atomic mass is 35.5. The second-order valence-electron chi connectivity index (χ2n) is 3.23.